The Kier molecular flexibility index (Phi) is 2.43. The van der Waals surface area contributed by atoms with E-state index in [9.17, 15) is 13.2 Å². The maximum Gasteiger partial charge on any atom is 0.415 e. The zero-order valence-electron chi connectivity index (χ0n) is 9.30. The fraction of sp³-hybridized carbons (Fsp3) is 0.364. The van der Waals surface area contributed by atoms with Crippen molar-refractivity contribution >= 4 is 11.1 Å². The molecule has 3 nitrogen and oxygen atoms in total. The molecule has 0 bridgehead atoms. The van der Waals surface area contributed by atoms with Gasteiger partial charge in [-0.05, 0) is 31.5 Å². The maximum atomic E-state index is 12.7. The minimum atomic E-state index is -4.61. The number of hydrogen-bond acceptors (Lipinski definition) is 3. The molecule has 6 heteroatoms. The molecule has 0 aliphatic heterocycles. The van der Waals surface area contributed by atoms with Gasteiger partial charge in [0.05, 0.1) is 0 Å². The zero-order valence-corrected chi connectivity index (χ0v) is 9.30. The topological polar surface area (TPSA) is 52.0 Å². The summed E-state index contributed by atoms with van der Waals surface area (Å²) in [6.45, 7) is 2.66. The van der Waals surface area contributed by atoms with E-state index in [0.29, 0.717) is 11.1 Å². The van der Waals surface area contributed by atoms with Crippen LogP contribution in [0.5, 0.6) is 0 Å². The van der Waals surface area contributed by atoms with Crippen LogP contribution in [0.15, 0.2) is 22.6 Å². The van der Waals surface area contributed by atoms with E-state index in [1.54, 1.807) is 18.2 Å². The smallest absolute Gasteiger partial charge is 0.415 e. The fourth-order valence-electron chi connectivity index (χ4n) is 1.38. The first-order chi connectivity index (χ1) is 7.72. The summed E-state index contributed by atoms with van der Waals surface area (Å²) in [5.41, 5.74) is 4.22. The number of fused-ring (bicyclic) bond motifs is 1. The summed E-state index contributed by atoms with van der Waals surface area (Å²) in [5.74, 6) is -0.523. The number of halogens is 3. The molecule has 1 unspecified atom stereocenters. The van der Waals surface area contributed by atoms with Crippen LogP contribution in [-0.2, 0) is 5.54 Å². The van der Waals surface area contributed by atoms with Gasteiger partial charge in [-0.3, -0.25) is 0 Å². The average Bonchev–Trinajstić information content (AvgIpc) is 2.58. The summed E-state index contributed by atoms with van der Waals surface area (Å²) < 4.78 is 43.2. The molecule has 0 fully saturated rings. The third kappa shape index (κ3) is 1.88. The molecular weight excluding hydrogens is 233 g/mol. The summed E-state index contributed by atoms with van der Waals surface area (Å²) in [5, 5.41) is 0. The number of aryl methyl sites for hydroxylation is 1. The number of aromatic nitrogens is 1. The molecule has 2 rings (SSSR count). The van der Waals surface area contributed by atoms with E-state index >= 15 is 0 Å². The molecule has 0 radical (unpaired) electrons. The molecule has 1 aromatic heterocycles. The molecule has 1 atom stereocenters. The normalized spacial score (nSPS) is 16.1. The molecule has 2 aromatic rings. The van der Waals surface area contributed by atoms with Crippen LogP contribution in [0.2, 0.25) is 0 Å². The first-order valence-electron chi connectivity index (χ1n) is 4.95. The van der Waals surface area contributed by atoms with Crippen molar-refractivity contribution in [1.29, 1.82) is 0 Å². The van der Waals surface area contributed by atoms with Gasteiger partial charge in [-0.15, -0.1) is 0 Å². The highest BCUT2D eigenvalue weighted by Crippen LogP contribution is 2.37. The summed E-state index contributed by atoms with van der Waals surface area (Å²) in [4.78, 5) is 3.80. The third-order valence-corrected chi connectivity index (χ3v) is 2.58. The minimum absolute atomic E-state index is 0.298. The average molecular weight is 244 g/mol. The van der Waals surface area contributed by atoms with Gasteiger partial charge in [-0.1, -0.05) is 6.07 Å². The van der Waals surface area contributed by atoms with Crippen molar-refractivity contribution in [2.45, 2.75) is 25.6 Å². The van der Waals surface area contributed by atoms with Crippen molar-refractivity contribution in [3.8, 4) is 0 Å². The van der Waals surface area contributed by atoms with Crippen LogP contribution < -0.4 is 5.73 Å². The van der Waals surface area contributed by atoms with Gasteiger partial charge in [0, 0.05) is 0 Å². The Bertz CT molecular complexity index is 557. The van der Waals surface area contributed by atoms with E-state index in [2.05, 4.69) is 4.98 Å². The van der Waals surface area contributed by atoms with Crippen LogP contribution in [0.25, 0.3) is 11.1 Å². The van der Waals surface area contributed by atoms with Gasteiger partial charge >= 0.3 is 6.18 Å². The standard InChI is InChI=1S/C11H11F3N2O/c1-6-3-4-8-7(5-6)16-9(17-8)10(2,15)11(12,13)14/h3-5H,15H2,1-2H3. The lowest BCUT2D eigenvalue weighted by molar-refractivity contribution is -0.189. The van der Waals surface area contributed by atoms with Gasteiger partial charge in [0.25, 0.3) is 0 Å². The quantitative estimate of drug-likeness (QED) is 0.839. The summed E-state index contributed by atoms with van der Waals surface area (Å²) in [7, 11) is 0. The van der Waals surface area contributed by atoms with Crippen molar-refractivity contribution in [2.75, 3.05) is 0 Å². The molecule has 2 N–H and O–H groups in total. The molecule has 92 valence electrons. The number of nitrogens with two attached hydrogens (primary N) is 1. The Balaban J connectivity index is 2.57. The van der Waals surface area contributed by atoms with Crippen molar-refractivity contribution in [1.82, 2.24) is 4.98 Å². The molecule has 0 amide bonds. The highest BCUT2D eigenvalue weighted by Gasteiger charge is 2.53. The van der Waals surface area contributed by atoms with Crippen LogP contribution in [0.3, 0.4) is 0 Å². The summed E-state index contributed by atoms with van der Waals surface area (Å²) in [6.07, 6.45) is -4.61. The van der Waals surface area contributed by atoms with E-state index in [1.807, 2.05) is 6.92 Å². The second kappa shape index (κ2) is 3.46. The van der Waals surface area contributed by atoms with Crippen LogP contribution in [0, 0.1) is 6.92 Å². The van der Waals surface area contributed by atoms with Gasteiger partial charge in [-0.2, -0.15) is 13.2 Å². The molecule has 17 heavy (non-hydrogen) atoms. The molecule has 0 spiro atoms. The van der Waals surface area contributed by atoms with Crippen LogP contribution in [0.4, 0.5) is 13.2 Å². The van der Waals surface area contributed by atoms with Crippen LogP contribution in [-0.4, -0.2) is 11.2 Å². The number of rotatable bonds is 1. The van der Waals surface area contributed by atoms with E-state index in [0.717, 1.165) is 12.5 Å². The Hall–Kier alpha value is -1.56. The summed E-state index contributed by atoms with van der Waals surface area (Å²) in [6, 6.07) is 4.96. The van der Waals surface area contributed by atoms with Crippen molar-refractivity contribution in [3.63, 3.8) is 0 Å². The lowest BCUT2D eigenvalue weighted by atomic mass is 10.0. The molecule has 0 aliphatic rings. The zero-order chi connectivity index (χ0) is 12.8. The van der Waals surface area contributed by atoms with E-state index in [1.165, 1.54) is 0 Å². The molecule has 0 saturated heterocycles. The second-order valence-corrected chi connectivity index (χ2v) is 4.19. The third-order valence-electron chi connectivity index (χ3n) is 2.58. The van der Waals surface area contributed by atoms with E-state index < -0.39 is 17.6 Å². The number of oxazole rings is 1. The predicted molar refractivity (Wildman–Crippen MR) is 56.3 cm³/mol. The SMILES string of the molecule is Cc1ccc2oc(C(C)(N)C(F)(F)F)nc2c1. The maximum absolute atomic E-state index is 12.7. The van der Waals surface area contributed by atoms with Crippen molar-refractivity contribution in [2.24, 2.45) is 5.73 Å². The Morgan fingerprint density at radius 1 is 1.29 bits per heavy atom. The van der Waals surface area contributed by atoms with Gasteiger partial charge in [0.2, 0.25) is 5.89 Å². The van der Waals surface area contributed by atoms with E-state index in [4.69, 9.17) is 10.2 Å². The van der Waals surface area contributed by atoms with E-state index in [-0.39, 0.29) is 0 Å². The molecule has 0 saturated carbocycles. The first-order valence-corrected chi connectivity index (χ1v) is 4.95. The van der Waals surface area contributed by atoms with Crippen LogP contribution in [0.1, 0.15) is 18.4 Å². The highest BCUT2D eigenvalue weighted by molar-refractivity contribution is 5.73. The fourth-order valence-corrected chi connectivity index (χ4v) is 1.38. The Morgan fingerprint density at radius 2 is 1.94 bits per heavy atom. The van der Waals surface area contributed by atoms with Gasteiger partial charge in [0.15, 0.2) is 11.1 Å². The summed E-state index contributed by atoms with van der Waals surface area (Å²) >= 11 is 0. The lowest BCUT2D eigenvalue weighted by Crippen LogP contribution is -2.47. The van der Waals surface area contributed by atoms with Gasteiger partial charge < -0.3 is 10.2 Å². The number of hydrogen-bond donors (Lipinski definition) is 1. The number of alkyl halides is 3. The molecule has 1 aromatic carbocycles. The highest BCUT2D eigenvalue weighted by atomic mass is 19.4. The monoisotopic (exact) mass is 244 g/mol. The minimum Gasteiger partial charge on any atom is -0.438 e. The van der Waals surface area contributed by atoms with Crippen LogP contribution >= 0.6 is 0 Å². The van der Waals surface area contributed by atoms with Gasteiger partial charge in [-0.25, -0.2) is 4.98 Å². The molecule has 0 aliphatic carbocycles. The van der Waals surface area contributed by atoms with Gasteiger partial charge in [0.1, 0.15) is 5.52 Å². The van der Waals surface area contributed by atoms with Crippen molar-refractivity contribution in [3.05, 3.63) is 29.7 Å². The first kappa shape index (κ1) is 11.9. The largest absolute Gasteiger partial charge is 0.438 e. The molecule has 1 heterocycles. The second-order valence-electron chi connectivity index (χ2n) is 4.19. The Morgan fingerprint density at radius 3 is 2.53 bits per heavy atom. The lowest BCUT2D eigenvalue weighted by Gasteiger charge is -2.23. The number of benzene rings is 1. The molecular formula is C11H11F3N2O. The van der Waals surface area contributed by atoms with Crippen molar-refractivity contribution < 1.29 is 17.6 Å². The Labute approximate surface area is 95.4 Å². The number of nitrogens with zero attached hydrogens (tertiary/aromatic N) is 1. The predicted octanol–water partition coefficient (Wildman–Crippen LogP) is 2.87.